The van der Waals surface area contributed by atoms with Crippen LogP contribution in [0.3, 0.4) is 0 Å². The highest BCUT2D eigenvalue weighted by molar-refractivity contribution is 5.73. The van der Waals surface area contributed by atoms with Crippen LogP contribution in [-0.2, 0) is 4.79 Å². The zero-order chi connectivity index (χ0) is 24.5. The second-order valence-electron chi connectivity index (χ2n) is 6.83. The van der Waals surface area contributed by atoms with Crippen LogP contribution in [0.15, 0.2) is 54.9 Å². The molecule has 0 aliphatic heterocycles. The van der Waals surface area contributed by atoms with Gasteiger partial charge in [0.2, 0.25) is 0 Å². The Bertz CT molecular complexity index is 894. The van der Waals surface area contributed by atoms with Gasteiger partial charge in [-0.25, -0.2) is 9.97 Å². The van der Waals surface area contributed by atoms with Crippen LogP contribution in [0, 0.1) is 13.8 Å². The van der Waals surface area contributed by atoms with Gasteiger partial charge in [0.15, 0.2) is 5.82 Å². The van der Waals surface area contributed by atoms with Crippen molar-refractivity contribution in [1.29, 1.82) is 0 Å². The predicted molar refractivity (Wildman–Crippen MR) is 136 cm³/mol. The maximum Gasteiger partial charge on any atom is 0.151 e. The molecule has 7 nitrogen and oxygen atoms in total. The molecule has 0 amide bonds. The first-order chi connectivity index (χ1) is 15.2. The Morgan fingerprint density at radius 1 is 1.09 bits per heavy atom. The van der Waals surface area contributed by atoms with E-state index in [0.717, 1.165) is 23.4 Å². The average molecular weight is 440 g/mol. The quantitative estimate of drug-likeness (QED) is 0.463. The fourth-order valence-corrected chi connectivity index (χ4v) is 2.51. The van der Waals surface area contributed by atoms with Crippen molar-refractivity contribution in [2.75, 3.05) is 30.0 Å². The number of carbonyl (C=O) groups excluding carboxylic acids is 1. The summed E-state index contributed by atoms with van der Waals surface area (Å²) in [6.45, 7) is 9.66. The van der Waals surface area contributed by atoms with Crippen LogP contribution in [0.5, 0.6) is 5.75 Å². The number of phenolic OH excluding ortho intramolecular Hbond substituents is 1. The number of nitrogens with two attached hydrogens (primary N) is 1. The van der Waals surface area contributed by atoms with Crippen LogP contribution in [-0.4, -0.2) is 35.5 Å². The van der Waals surface area contributed by atoms with Crippen molar-refractivity contribution in [2.45, 2.75) is 41.0 Å². The molecule has 1 aromatic heterocycles. The van der Waals surface area contributed by atoms with E-state index in [1.165, 1.54) is 30.9 Å². The Morgan fingerprint density at radius 2 is 1.66 bits per heavy atom. The molecule has 3 rings (SSSR count). The van der Waals surface area contributed by atoms with E-state index < -0.39 is 0 Å². The summed E-state index contributed by atoms with van der Waals surface area (Å²) in [6.07, 6.45) is 3.44. The molecule has 0 unspecified atom stereocenters. The third kappa shape index (κ3) is 10.4. The molecule has 2 aromatic carbocycles. The van der Waals surface area contributed by atoms with E-state index in [0.29, 0.717) is 5.82 Å². The third-order valence-electron chi connectivity index (χ3n) is 3.91. The molecular formula is C25H37N5O2. The van der Waals surface area contributed by atoms with E-state index in [2.05, 4.69) is 48.2 Å². The van der Waals surface area contributed by atoms with Gasteiger partial charge in [-0.1, -0.05) is 32.4 Å². The highest BCUT2D eigenvalue weighted by atomic mass is 16.3. The predicted octanol–water partition coefficient (Wildman–Crippen LogP) is 5.50. The number of aromatic nitrogens is 2. The number of rotatable bonds is 3. The largest absolute Gasteiger partial charge is 0.508 e. The first-order valence-electron chi connectivity index (χ1n) is 10.5. The summed E-state index contributed by atoms with van der Waals surface area (Å²) in [4.78, 5) is 18.8. The van der Waals surface area contributed by atoms with E-state index in [1.807, 2.05) is 38.1 Å². The maximum absolute atomic E-state index is 9.25. The number of phenols is 1. The van der Waals surface area contributed by atoms with Crippen molar-refractivity contribution in [1.82, 2.24) is 9.97 Å². The maximum atomic E-state index is 9.25. The molecule has 174 valence electrons. The summed E-state index contributed by atoms with van der Waals surface area (Å²) >= 11 is 0. The van der Waals surface area contributed by atoms with Crippen molar-refractivity contribution in [3.8, 4) is 5.75 Å². The molecular weight excluding hydrogens is 402 g/mol. The van der Waals surface area contributed by atoms with E-state index in [9.17, 15) is 5.11 Å². The Kier molecular flexibility index (Phi) is 14.3. The number of nitrogens with one attached hydrogen (secondary N) is 1. The highest BCUT2D eigenvalue weighted by Crippen LogP contribution is 2.30. The Balaban J connectivity index is 0.000000536. The lowest BCUT2D eigenvalue weighted by Crippen LogP contribution is -2.14. The molecule has 0 bridgehead atoms. The minimum atomic E-state index is 0.233. The highest BCUT2D eigenvalue weighted by Gasteiger charge is 2.12. The molecule has 4 N–H and O–H groups in total. The first-order valence-corrected chi connectivity index (χ1v) is 10.5. The molecule has 0 aliphatic rings. The Labute approximate surface area is 192 Å². The summed E-state index contributed by atoms with van der Waals surface area (Å²) < 4.78 is 0. The number of hydrogen-bond donors (Lipinski definition) is 3. The Hall–Kier alpha value is -3.61. The fourth-order valence-electron chi connectivity index (χ4n) is 2.51. The van der Waals surface area contributed by atoms with Gasteiger partial charge in [0, 0.05) is 25.5 Å². The lowest BCUT2D eigenvalue weighted by Gasteiger charge is -2.21. The zero-order valence-corrected chi connectivity index (χ0v) is 20.3. The minimum absolute atomic E-state index is 0.233. The molecule has 7 heteroatoms. The second-order valence-corrected chi connectivity index (χ2v) is 6.83. The fraction of sp³-hybridized carbons (Fsp3) is 0.320. The molecule has 0 aliphatic carbocycles. The SMILES string of the molecule is CC=O.CCC.CNc1cccc(C)c1.Cc1ncnc(N)c1N(C)c1ccc(O)cc1. The number of nitrogens with zero attached hydrogens (tertiary/aromatic N) is 3. The monoisotopic (exact) mass is 439 g/mol. The standard InChI is InChI=1S/C12H14N4O.C8H11N.C3H8.C2H4O/c1-8-11(12(13)15-7-14-8)16(2)9-3-5-10(17)6-4-9;1-7-4-3-5-8(6-7)9-2;1-3-2;1-2-3/h3-7,17H,1-2H3,(H2,13,14,15);3-6,9H,1-2H3;3H2,1-2H3;2H,1H3. The lowest BCUT2D eigenvalue weighted by atomic mass is 10.2. The normalized spacial score (nSPS) is 8.97. The van der Waals surface area contributed by atoms with Crippen LogP contribution in [0.2, 0.25) is 0 Å². The van der Waals surface area contributed by atoms with Gasteiger partial charge < -0.3 is 25.9 Å². The van der Waals surface area contributed by atoms with Gasteiger partial charge in [-0.2, -0.15) is 0 Å². The number of benzene rings is 2. The van der Waals surface area contributed by atoms with Gasteiger partial charge in [0.25, 0.3) is 0 Å². The molecule has 0 fully saturated rings. The number of nitrogen functional groups attached to an aromatic ring is 1. The van der Waals surface area contributed by atoms with E-state index >= 15 is 0 Å². The summed E-state index contributed by atoms with van der Waals surface area (Å²) in [5.41, 5.74) is 10.8. The smallest absolute Gasteiger partial charge is 0.151 e. The summed E-state index contributed by atoms with van der Waals surface area (Å²) in [7, 11) is 3.81. The third-order valence-corrected chi connectivity index (χ3v) is 3.91. The Morgan fingerprint density at radius 3 is 2.09 bits per heavy atom. The van der Waals surface area contributed by atoms with E-state index in [1.54, 1.807) is 24.3 Å². The van der Waals surface area contributed by atoms with Gasteiger partial charge in [0.1, 0.15) is 24.1 Å². The minimum Gasteiger partial charge on any atom is -0.508 e. The molecule has 3 aromatic rings. The van der Waals surface area contributed by atoms with E-state index in [-0.39, 0.29) is 5.75 Å². The van der Waals surface area contributed by atoms with Crippen LogP contribution in [0.4, 0.5) is 22.9 Å². The molecule has 0 saturated heterocycles. The van der Waals surface area contributed by atoms with Crippen molar-refractivity contribution >= 4 is 29.2 Å². The van der Waals surface area contributed by atoms with Crippen LogP contribution in [0.25, 0.3) is 0 Å². The molecule has 1 heterocycles. The molecule has 0 spiro atoms. The van der Waals surface area contributed by atoms with Crippen molar-refractivity contribution in [3.05, 3.63) is 66.1 Å². The van der Waals surface area contributed by atoms with E-state index in [4.69, 9.17) is 10.5 Å². The number of anilines is 4. The van der Waals surface area contributed by atoms with Crippen LogP contribution < -0.4 is 16.0 Å². The number of aryl methyl sites for hydroxylation is 2. The summed E-state index contributed by atoms with van der Waals surface area (Å²) in [5.74, 6) is 0.671. The number of hydrogen-bond acceptors (Lipinski definition) is 7. The van der Waals surface area contributed by atoms with Gasteiger partial charge in [0.05, 0.1) is 5.69 Å². The van der Waals surface area contributed by atoms with Crippen molar-refractivity contribution in [2.24, 2.45) is 0 Å². The van der Waals surface area contributed by atoms with Crippen molar-refractivity contribution in [3.63, 3.8) is 0 Å². The topological polar surface area (TPSA) is 104 Å². The molecule has 0 radical (unpaired) electrons. The average Bonchev–Trinajstić information content (AvgIpc) is 2.75. The number of aldehydes is 1. The summed E-state index contributed by atoms with van der Waals surface area (Å²) in [5, 5.41) is 12.3. The van der Waals surface area contributed by atoms with Gasteiger partial charge in [-0.15, -0.1) is 0 Å². The zero-order valence-electron chi connectivity index (χ0n) is 20.3. The lowest BCUT2D eigenvalue weighted by molar-refractivity contribution is -0.106. The number of carbonyl (C=O) groups is 1. The van der Waals surface area contributed by atoms with Crippen LogP contribution in [0.1, 0.15) is 38.4 Å². The van der Waals surface area contributed by atoms with Gasteiger partial charge >= 0.3 is 0 Å². The number of aromatic hydroxyl groups is 1. The first kappa shape index (κ1) is 28.4. The van der Waals surface area contributed by atoms with Gasteiger partial charge in [-0.05, 0) is 62.7 Å². The molecule has 32 heavy (non-hydrogen) atoms. The second kappa shape index (κ2) is 16.1. The molecule has 0 saturated carbocycles. The van der Waals surface area contributed by atoms with Crippen LogP contribution >= 0.6 is 0 Å². The summed E-state index contributed by atoms with van der Waals surface area (Å²) in [6, 6.07) is 15.2. The molecule has 0 atom stereocenters. The van der Waals surface area contributed by atoms with Crippen molar-refractivity contribution < 1.29 is 9.90 Å². The van der Waals surface area contributed by atoms with Gasteiger partial charge in [-0.3, -0.25) is 0 Å².